The number of halogens is 1. The lowest BCUT2D eigenvalue weighted by Crippen LogP contribution is -2.21. The fraction of sp³-hybridized carbons (Fsp3) is 0.242. The fourth-order valence-corrected chi connectivity index (χ4v) is 5.90. The molecule has 0 unspecified atom stereocenters. The predicted molar refractivity (Wildman–Crippen MR) is 164 cm³/mol. The number of nitrogens with one attached hydrogen (secondary N) is 1. The number of carbonyl (C=O) groups is 2. The van der Waals surface area contributed by atoms with Gasteiger partial charge in [-0.3, -0.25) is 14.6 Å². The molecule has 3 heterocycles. The first-order valence-corrected chi connectivity index (χ1v) is 14.8. The molecule has 0 saturated heterocycles. The second-order valence-corrected chi connectivity index (χ2v) is 11.8. The third-order valence-electron chi connectivity index (χ3n) is 6.87. The summed E-state index contributed by atoms with van der Waals surface area (Å²) in [5.41, 5.74) is 10.4. The van der Waals surface area contributed by atoms with E-state index in [9.17, 15) is 14.0 Å². The number of amides is 2. The van der Waals surface area contributed by atoms with Gasteiger partial charge in [-0.15, -0.1) is 21.5 Å². The van der Waals surface area contributed by atoms with E-state index in [4.69, 9.17) is 15.1 Å². The summed E-state index contributed by atoms with van der Waals surface area (Å²) in [5, 5.41) is 11.3. The number of aryl methyl sites for hydroxylation is 3. The summed E-state index contributed by atoms with van der Waals surface area (Å²) in [6.07, 6.45) is 1.52. The zero-order valence-electron chi connectivity index (χ0n) is 24.2. The Kier molecular flexibility index (Phi) is 9.06. The highest BCUT2D eigenvalue weighted by Gasteiger charge is 2.29. The van der Waals surface area contributed by atoms with E-state index in [-0.39, 0.29) is 29.1 Å². The molecule has 0 radical (unpaired) electrons. The first-order valence-electron chi connectivity index (χ1n) is 14.0. The van der Waals surface area contributed by atoms with Crippen LogP contribution in [0.5, 0.6) is 0 Å². The molecule has 0 atom stereocenters. The molecule has 0 bridgehead atoms. The lowest BCUT2D eigenvalue weighted by Gasteiger charge is -2.19. The zero-order chi connectivity index (χ0) is 30.5. The molecule has 3 aromatic heterocycles. The molecule has 5 aromatic rings. The van der Waals surface area contributed by atoms with E-state index in [0.717, 1.165) is 11.1 Å². The van der Waals surface area contributed by atoms with Crippen LogP contribution in [0.2, 0.25) is 0 Å². The van der Waals surface area contributed by atoms with Crippen LogP contribution in [0.3, 0.4) is 0 Å². The molecule has 8 nitrogen and oxygen atoms in total. The highest BCUT2D eigenvalue weighted by Crippen LogP contribution is 2.41. The van der Waals surface area contributed by atoms with Crippen molar-refractivity contribution in [1.82, 2.24) is 20.5 Å². The van der Waals surface area contributed by atoms with Crippen LogP contribution < -0.4 is 11.1 Å². The number of primary amides is 1. The Morgan fingerprint density at radius 3 is 2.33 bits per heavy atom. The van der Waals surface area contributed by atoms with E-state index in [2.05, 4.69) is 15.5 Å². The molecule has 2 amide bonds. The minimum Gasteiger partial charge on any atom is -0.421 e. The second-order valence-electron chi connectivity index (χ2n) is 10.7. The van der Waals surface area contributed by atoms with Crippen molar-refractivity contribution in [3.8, 4) is 21.9 Å². The molecule has 220 valence electrons. The van der Waals surface area contributed by atoms with E-state index < -0.39 is 5.91 Å². The number of pyridine rings is 1. The number of hydrogen-bond acceptors (Lipinski definition) is 7. The molecule has 0 spiro atoms. The number of thiophene rings is 1. The Morgan fingerprint density at radius 2 is 1.67 bits per heavy atom. The molecule has 43 heavy (non-hydrogen) atoms. The third kappa shape index (κ3) is 7.03. The van der Waals surface area contributed by atoms with Crippen molar-refractivity contribution >= 4 is 23.2 Å². The third-order valence-corrected chi connectivity index (χ3v) is 7.97. The molecule has 2 aromatic carbocycles. The first kappa shape index (κ1) is 29.8. The van der Waals surface area contributed by atoms with Gasteiger partial charge in [0.25, 0.3) is 11.8 Å². The van der Waals surface area contributed by atoms with Crippen molar-refractivity contribution in [2.45, 2.75) is 46.6 Å². The monoisotopic (exact) mass is 597 g/mol. The van der Waals surface area contributed by atoms with Gasteiger partial charge in [-0.05, 0) is 60.6 Å². The fourth-order valence-electron chi connectivity index (χ4n) is 4.92. The maximum absolute atomic E-state index is 13.6. The van der Waals surface area contributed by atoms with Crippen LogP contribution in [-0.4, -0.2) is 27.0 Å². The molecular weight excluding hydrogens is 565 g/mol. The summed E-state index contributed by atoms with van der Waals surface area (Å²) < 4.78 is 19.5. The largest absolute Gasteiger partial charge is 0.421 e. The van der Waals surface area contributed by atoms with E-state index in [1.54, 1.807) is 31.2 Å². The summed E-state index contributed by atoms with van der Waals surface area (Å²) in [6.45, 7) is 6.15. The Labute approximate surface area is 253 Å². The summed E-state index contributed by atoms with van der Waals surface area (Å²) in [6, 6.07) is 19.5. The number of rotatable bonds is 11. The quantitative estimate of drug-likeness (QED) is 0.184. The van der Waals surface area contributed by atoms with Crippen LogP contribution in [0.15, 0.2) is 71.1 Å². The standard InChI is InChI=1S/C33H32FN5O3S/c1-19(2)17-25-28(31(35)40)30(26-15-16-27(43-26)32(41)36-18-22-7-5-4-6-8-22)29(33-39-38-20(3)42-33)24(37-25)14-11-21-9-12-23(34)13-10-21/h4-10,12-13,15-16,19H,11,14,17-18H2,1-3H3,(H2,35,40)(H,36,41). The van der Waals surface area contributed by atoms with Crippen molar-refractivity contribution in [2.75, 3.05) is 0 Å². The Balaban J connectivity index is 1.63. The van der Waals surface area contributed by atoms with E-state index in [0.29, 0.717) is 64.0 Å². The van der Waals surface area contributed by atoms with Crippen molar-refractivity contribution in [3.05, 3.63) is 111 Å². The lowest BCUT2D eigenvalue weighted by atomic mass is 9.91. The second kappa shape index (κ2) is 13.1. The topological polar surface area (TPSA) is 124 Å². The number of benzene rings is 2. The molecular formula is C33H32FN5O3S. The van der Waals surface area contributed by atoms with Crippen molar-refractivity contribution < 1.29 is 18.4 Å². The number of aromatic nitrogens is 3. The predicted octanol–water partition coefficient (Wildman–Crippen LogP) is 6.32. The van der Waals surface area contributed by atoms with Crippen LogP contribution >= 0.6 is 11.3 Å². The average Bonchev–Trinajstić information content (AvgIpc) is 3.65. The molecule has 5 rings (SSSR count). The number of nitrogens with zero attached hydrogens (tertiary/aromatic N) is 3. The summed E-state index contributed by atoms with van der Waals surface area (Å²) >= 11 is 1.25. The highest BCUT2D eigenvalue weighted by atomic mass is 32.1. The van der Waals surface area contributed by atoms with Crippen LogP contribution in [0.25, 0.3) is 21.9 Å². The molecule has 0 fully saturated rings. The summed E-state index contributed by atoms with van der Waals surface area (Å²) in [5.74, 6) is -0.436. The Bertz CT molecular complexity index is 1750. The zero-order valence-corrected chi connectivity index (χ0v) is 25.0. The molecule has 0 aliphatic rings. The number of carbonyl (C=O) groups excluding carboxylic acids is 2. The van der Waals surface area contributed by atoms with Crippen LogP contribution in [0.4, 0.5) is 4.39 Å². The summed E-state index contributed by atoms with van der Waals surface area (Å²) in [7, 11) is 0. The lowest BCUT2D eigenvalue weighted by molar-refractivity contribution is 0.0953. The van der Waals surface area contributed by atoms with Crippen LogP contribution in [-0.2, 0) is 25.8 Å². The van der Waals surface area contributed by atoms with Crippen molar-refractivity contribution in [2.24, 2.45) is 11.7 Å². The molecule has 0 saturated carbocycles. The van der Waals surface area contributed by atoms with Gasteiger partial charge in [-0.25, -0.2) is 4.39 Å². The van der Waals surface area contributed by atoms with Crippen molar-refractivity contribution in [1.29, 1.82) is 0 Å². The summed E-state index contributed by atoms with van der Waals surface area (Å²) in [4.78, 5) is 32.3. The van der Waals surface area contributed by atoms with Gasteiger partial charge < -0.3 is 15.5 Å². The van der Waals surface area contributed by atoms with Crippen LogP contribution in [0, 0.1) is 18.7 Å². The SMILES string of the molecule is Cc1nnc(-c2c(CCc3ccc(F)cc3)nc(CC(C)C)c(C(N)=O)c2-c2ccc(C(=O)NCc3ccccc3)s2)o1. The van der Waals surface area contributed by atoms with Gasteiger partial charge in [0.15, 0.2) is 0 Å². The number of hydrogen-bond donors (Lipinski definition) is 2. The molecule has 0 aliphatic carbocycles. The van der Waals surface area contributed by atoms with E-state index in [1.807, 2.05) is 44.2 Å². The van der Waals surface area contributed by atoms with Gasteiger partial charge in [-0.2, -0.15) is 0 Å². The average molecular weight is 598 g/mol. The van der Waals surface area contributed by atoms with Crippen molar-refractivity contribution in [3.63, 3.8) is 0 Å². The molecule has 3 N–H and O–H groups in total. The molecule has 10 heteroatoms. The first-order chi connectivity index (χ1) is 20.7. The van der Waals surface area contributed by atoms with E-state index in [1.165, 1.54) is 23.5 Å². The smallest absolute Gasteiger partial charge is 0.261 e. The van der Waals surface area contributed by atoms with Gasteiger partial charge >= 0.3 is 0 Å². The minimum absolute atomic E-state index is 0.183. The van der Waals surface area contributed by atoms with Crippen LogP contribution in [0.1, 0.15) is 62.3 Å². The highest BCUT2D eigenvalue weighted by molar-refractivity contribution is 7.17. The minimum atomic E-state index is -0.635. The van der Waals surface area contributed by atoms with Gasteiger partial charge in [0.05, 0.1) is 27.4 Å². The van der Waals surface area contributed by atoms with Gasteiger partial charge in [0, 0.05) is 23.9 Å². The number of nitrogens with two attached hydrogens (primary N) is 1. The van der Waals surface area contributed by atoms with Gasteiger partial charge in [0.2, 0.25) is 11.8 Å². The Hall–Kier alpha value is -4.70. The van der Waals surface area contributed by atoms with Gasteiger partial charge in [-0.1, -0.05) is 56.3 Å². The van der Waals surface area contributed by atoms with Gasteiger partial charge in [0.1, 0.15) is 5.82 Å². The molecule has 0 aliphatic heterocycles. The maximum atomic E-state index is 13.6. The normalized spacial score (nSPS) is 11.2. The maximum Gasteiger partial charge on any atom is 0.261 e. The van der Waals surface area contributed by atoms with E-state index >= 15 is 0 Å². The Morgan fingerprint density at radius 1 is 0.930 bits per heavy atom.